The van der Waals surface area contributed by atoms with Crippen molar-refractivity contribution in [2.75, 3.05) is 19.8 Å². The fraction of sp³-hybridized carbons (Fsp3) is 1.00. The van der Waals surface area contributed by atoms with E-state index in [2.05, 4.69) is 11.7 Å². The second-order valence-electron chi connectivity index (χ2n) is 2.71. The molecule has 2 aliphatic heterocycles. The topological polar surface area (TPSA) is 25.1 Å². The van der Waals surface area contributed by atoms with E-state index in [0.29, 0.717) is 6.10 Å². The zero-order chi connectivity index (χ0) is 7.23. The number of epoxide rings is 2. The molecule has 2 aliphatic rings. The average Bonchev–Trinajstić information content (AvgIpc) is 2.74. The molecule has 1 atom stereocenters. The average molecular weight is 144 g/mol. The monoisotopic (exact) mass is 144 g/mol. The van der Waals surface area contributed by atoms with Crippen molar-refractivity contribution >= 4 is 0 Å². The van der Waals surface area contributed by atoms with Gasteiger partial charge in [-0.1, -0.05) is 19.8 Å². The standard InChI is InChI=1S/C6H12O.C2H4O/c1-2-3-4-6-5-7-6;1-2-3-1/h6H,2-5H2,1H3;1-2H2. The van der Waals surface area contributed by atoms with Crippen LogP contribution in [0.4, 0.5) is 0 Å². The van der Waals surface area contributed by atoms with Crippen molar-refractivity contribution < 1.29 is 9.47 Å². The van der Waals surface area contributed by atoms with Crippen molar-refractivity contribution in [3.05, 3.63) is 0 Å². The fourth-order valence-corrected chi connectivity index (χ4v) is 0.667. The molecule has 0 bridgehead atoms. The Morgan fingerprint density at radius 1 is 1.40 bits per heavy atom. The van der Waals surface area contributed by atoms with Gasteiger partial charge in [-0.3, -0.25) is 0 Å². The number of rotatable bonds is 3. The van der Waals surface area contributed by atoms with Gasteiger partial charge in [-0.15, -0.1) is 0 Å². The molecular weight excluding hydrogens is 128 g/mol. The van der Waals surface area contributed by atoms with Gasteiger partial charge in [-0.25, -0.2) is 0 Å². The third-order valence-electron chi connectivity index (χ3n) is 1.49. The lowest BCUT2D eigenvalue weighted by atomic mass is 10.2. The molecule has 0 aliphatic carbocycles. The number of ether oxygens (including phenoxy) is 2. The molecule has 2 heteroatoms. The molecule has 2 nitrogen and oxygen atoms in total. The Balaban J connectivity index is 0.000000138. The van der Waals surface area contributed by atoms with Gasteiger partial charge < -0.3 is 9.47 Å². The fourth-order valence-electron chi connectivity index (χ4n) is 0.667. The zero-order valence-electron chi connectivity index (χ0n) is 6.64. The van der Waals surface area contributed by atoms with Crippen LogP contribution in [-0.2, 0) is 9.47 Å². The lowest BCUT2D eigenvalue weighted by Crippen LogP contribution is -1.81. The van der Waals surface area contributed by atoms with E-state index in [1.54, 1.807) is 0 Å². The van der Waals surface area contributed by atoms with Crippen LogP contribution in [0.25, 0.3) is 0 Å². The zero-order valence-corrected chi connectivity index (χ0v) is 6.64. The Kier molecular flexibility index (Phi) is 3.76. The van der Waals surface area contributed by atoms with Crippen molar-refractivity contribution in [3.63, 3.8) is 0 Å². The van der Waals surface area contributed by atoms with Crippen LogP contribution >= 0.6 is 0 Å². The Bertz CT molecular complexity index is 74.6. The maximum absolute atomic E-state index is 5.01. The number of hydrogen-bond donors (Lipinski definition) is 0. The van der Waals surface area contributed by atoms with Gasteiger partial charge in [-0.2, -0.15) is 0 Å². The van der Waals surface area contributed by atoms with E-state index < -0.39 is 0 Å². The van der Waals surface area contributed by atoms with Gasteiger partial charge in [-0.05, 0) is 6.42 Å². The first-order chi connectivity index (χ1) is 4.93. The second-order valence-corrected chi connectivity index (χ2v) is 2.71. The summed E-state index contributed by atoms with van der Waals surface area (Å²) in [7, 11) is 0. The lowest BCUT2D eigenvalue weighted by molar-refractivity contribution is 0.391. The van der Waals surface area contributed by atoms with Crippen molar-refractivity contribution in [1.82, 2.24) is 0 Å². The van der Waals surface area contributed by atoms with Crippen LogP contribution in [0.5, 0.6) is 0 Å². The van der Waals surface area contributed by atoms with Gasteiger partial charge in [0.25, 0.3) is 0 Å². The summed E-state index contributed by atoms with van der Waals surface area (Å²) in [6.45, 7) is 5.24. The molecule has 0 aromatic carbocycles. The summed E-state index contributed by atoms with van der Waals surface area (Å²) in [5.74, 6) is 0. The summed E-state index contributed by atoms with van der Waals surface area (Å²) in [5.41, 5.74) is 0. The van der Waals surface area contributed by atoms with Crippen LogP contribution in [0.2, 0.25) is 0 Å². The molecule has 0 aromatic heterocycles. The highest BCUT2D eigenvalue weighted by Gasteiger charge is 2.20. The maximum Gasteiger partial charge on any atom is 0.0810 e. The van der Waals surface area contributed by atoms with Crippen LogP contribution in [0.1, 0.15) is 26.2 Å². The Hall–Kier alpha value is -0.0800. The molecular formula is C8H16O2. The third-order valence-corrected chi connectivity index (χ3v) is 1.49. The molecule has 0 amide bonds. The normalized spacial score (nSPS) is 26.7. The predicted molar refractivity (Wildman–Crippen MR) is 40.1 cm³/mol. The first-order valence-electron chi connectivity index (χ1n) is 4.13. The van der Waals surface area contributed by atoms with Gasteiger partial charge in [0.2, 0.25) is 0 Å². The summed E-state index contributed by atoms with van der Waals surface area (Å²) in [6.07, 6.45) is 4.58. The predicted octanol–water partition coefficient (Wildman–Crippen LogP) is 1.59. The summed E-state index contributed by atoms with van der Waals surface area (Å²) in [4.78, 5) is 0. The quantitative estimate of drug-likeness (QED) is 0.562. The summed E-state index contributed by atoms with van der Waals surface area (Å²) < 4.78 is 9.51. The first-order valence-corrected chi connectivity index (χ1v) is 4.13. The molecule has 2 fully saturated rings. The molecule has 0 N–H and O–H groups in total. The van der Waals surface area contributed by atoms with E-state index in [9.17, 15) is 0 Å². The first kappa shape index (κ1) is 8.02. The van der Waals surface area contributed by atoms with E-state index in [1.807, 2.05) is 0 Å². The number of unbranched alkanes of at least 4 members (excludes halogenated alkanes) is 1. The van der Waals surface area contributed by atoms with E-state index in [0.717, 1.165) is 19.8 Å². The molecule has 2 heterocycles. The summed E-state index contributed by atoms with van der Waals surface area (Å²) in [5, 5.41) is 0. The SMILES string of the molecule is C1CO1.CCCCC1CO1. The minimum atomic E-state index is 0.653. The van der Waals surface area contributed by atoms with Gasteiger partial charge in [0.15, 0.2) is 0 Å². The highest BCUT2D eigenvalue weighted by Crippen LogP contribution is 2.15. The largest absolute Gasteiger partial charge is 0.377 e. The molecule has 0 radical (unpaired) electrons. The summed E-state index contributed by atoms with van der Waals surface area (Å²) in [6, 6.07) is 0. The Labute approximate surface area is 62.5 Å². The Morgan fingerprint density at radius 3 is 2.30 bits per heavy atom. The molecule has 10 heavy (non-hydrogen) atoms. The minimum absolute atomic E-state index is 0.653. The van der Waals surface area contributed by atoms with Gasteiger partial charge >= 0.3 is 0 Å². The molecule has 60 valence electrons. The molecule has 2 rings (SSSR count). The molecule has 0 spiro atoms. The Morgan fingerprint density at radius 2 is 2.00 bits per heavy atom. The minimum Gasteiger partial charge on any atom is -0.377 e. The van der Waals surface area contributed by atoms with E-state index in [4.69, 9.17) is 4.74 Å². The van der Waals surface area contributed by atoms with Crippen molar-refractivity contribution in [3.8, 4) is 0 Å². The van der Waals surface area contributed by atoms with Crippen molar-refractivity contribution in [1.29, 1.82) is 0 Å². The molecule has 2 saturated heterocycles. The van der Waals surface area contributed by atoms with E-state index in [1.165, 1.54) is 19.3 Å². The van der Waals surface area contributed by atoms with Gasteiger partial charge in [0.1, 0.15) is 0 Å². The maximum atomic E-state index is 5.01. The molecule has 0 saturated carbocycles. The smallest absolute Gasteiger partial charge is 0.0810 e. The van der Waals surface area contributed by atoms with E-state index in [-0.39, 0.29) is 0 Å². The van der Waals surface area contributed by atoms with Crippen molar-refractivity contribution in [2.24, 2.45) is 0 Å². The van der Waals surface area contributed by atoms with Crippen LogP contribution < -0.4 is 0 Å². The molecule has 1 unspecified atom stereocenters. The number of hydrogen-bond acceptors (Lipinski definition) is 2. The lowest BCUT2D eigenvalue weighted by Gasteiger charge is -1.86. The van der Waals surface area contributed by atoms with Crippen molar-refractivity contribution in [2.45, 2.75) is 32.3 Å². The van der Waals surface area contributed by atoms with Crippen LogP contribution in [0.15, 0.2) is 0 Å². The summed E-state index contributed by atoms with van der Waals surface area (Å²) >= 11 is 0. The third kappa shape index (κ3) is 6.05. The van der Waals surface area contributed by atoms with Gasteiger partial charge in [0.05, 0.1) is 25.9 Å². The van der Waals surface area contributed by atoms with E-state index >= 15 is 0 Å². The van der Waals surface area contributed by atoms with Crippen LogP contribution in [0.3, 0.4) is 0 Å². The van der Waals surface area contributed by atoms with Crippen LogP contribution in [-0.4, -0.2) is 25.9 Å². The van der Waals surface area contributed by atoms with Crippen LogP contribution in [0, 0.1) is 0 Å². The highest BCUT2D eigenvalue weighted by molar-refractivity contribution is 4.67. The highest BCUT2D eigenvalue weighted by atomic mass is 16.6. The second kappa shape index (κ2) is 4.69. The molecule has 0 aromatic rings. The van der Waals surface area contributed by atoms with Gasteiger partial charge in [0, 0.05) is 0 Å².